The highest BCUT2D eigenvalue weighted by Gasteiger charge is 2.19. The van der Waals surface area contributed by atoms with Crippen molar-refractivity contribution in [2.24, 2.45) is 0 Å². The first-order valence-corrected chi connectivity index (χ1v) is 28.3. The van der Waals surface area contributed by atoms with E-state index in [9.17, 15) is 14.4 Å². The van der Waals surface area contributed by atoms with E-state index in [4.69, 9.17) is 14.2 Å². The molecule has 0 bridgehead atoms. The highest BCUT2D eigenvalue weighted by atomic mass is 16.6. The number of carbonyl (C=O) groups is 3. The Kier molecular flexibility index (Phi) is 51.7. The van der Waals surface area contributed by atoms with E-state index >= 15 is 0 Å². The Morgan fingerprint density at radius 2 is 0.562 bits per heavy atom. The maximum absolute atomic E-state index is 12.8. The van der Waals surface area contributed by atoms with Gasteiger partial charge in [-0.05, 0) is 51.4 Å². The van der Waals surface area contributed by atoms with Gasteiger partial charge in [0, 0.05) is 19.3 Å². The van der Waals surface area contributed by atoms with Crippen LogP contribution in [0.15, 0.2) is 24.3 Å². The van der Waals surface area contributed by atoms with Crippen molar-refractivity contribution in [3.63, 3.8) is 0 Å². The minimum atomic E-state index is -0.773. The zero-order valence-corrected chi connectivity index (χ0v) is 43.1. The van der Waals surface area contributed by atoms with Crippen molar-refractivity contribution in [1.82, 2.24) is 0 Å². The van der Waals surface area contributed by atoms with Gasteiger partial charge in [-0.3, -0.25) is 14.4 Å². The van der Waals surface area contributed by atoms with Gasteiger partial charge in [0.15, 0.2) is 6.10 Å². The smallest absolute Gasteiger partial charge is 0.306 e. The third-order valence-electron chi connectivity index (χ3n) is 12.7. The zero-order valence-electron chi connectivity index (χ0n) is 43.1. The topological polar surface area (TPSA) is 78.9 Å². The Hall–Kier alpha value is -2.11. The Labute approximate surface area is 398 Å². The van der Waals surface area contributed by atoms with Crippen molar-refractivity contribution in [1.29, 1.82) is 0 Å². The summed E-state index contributed by atoms with van der Waals surface area (Å²) in [5, 5.41) is 0. The summed E-state index contributed by atoms with van der Waals surface area (Å²) in [6.07, 6.45) is 61.6. The minimum Gasteiger partial charge on any atom is -0.462 e. The SMILES string of the molecule is CCCCC/C=C\C/C=C\CCCCCCCC(=O)O[C@@H](COC(=O)CCCCCCCCCCCCCC)COC(=O)CCCCCCCCCCCCCCCCCCCCC. The van der Waals surface area contributed by atoms with Crippen molar-refractivity contribution in [3.05, 3.63) is 24.3 Å². The molecule has 0 amide bonds. The summed E-state index contributed by atoms with van der Waals surface area (Å²) in [7, 11) is 0. The number of hydrogen-bond acceptors (Lipinski definition) is 6. The summed E-state index contributed by atoms with van der Waals surface area (Å²) in [5.41, 5.74) is 0. The van der Waals surface area contributed by atoms with Crippen LogP contribution in [-0.4, -0.2) is 37.2 Å². The molecule has 0 saturated carbocycles. The van der Waals surface area contributed by atoms with Crippen LogP contribution in [0.1, 0.15) is 310 Å². The van der Waals surface area contributed by atoms with Crippen LogP contribution < -0.4 is 0 Å². The quantitative estimate of drug-likeness (QED) is 0.0262. The molecule has 0 unspecified atom stereocenters. The molecule has 0 heterocycles. The maximum Gasteiger partial charge on any atom is 0.306 e. The maximum atomic E-state index is 12.8. The third kappa shape index (κ3) is 50.9. The van der Waals surface area contributed by atoms with Gasteiger partial charge < -0.3 is 14.2 Å². The van der Waals surface area contributed by atoms with Gasteiger partial charge in [0.2, 0.25) is 0 Å². The van der Waals surface area contributed by atoms with Crippen LogP contribution in [-0.2, 0) is 28.6 Å². The highest BCUT2D eigenvalue weighted by Crippen LogP contribution is 2.17. The molecule has 376 valence electrons. The molecule has 0 aliphatic heterocycles. The fourth-order valence-electron chi connectivity index (χ4n) is 8.42. The van der Waals surface area contributed by atoms with Gasteiger partial charge in [0.05, 0.1) is 0 Å². The van der Waals surface area contributed by atoms with Gasteiger partial charge in [0.1, 0.15) is 13.2 Å². The molecule has 0 fully saturated rings. The van der Waals surface area contributed by atoms with Crippen LogP contribution in [0.5, 0.6) is 0 Å². The molecule has 0 N–H and O–H groups in total. The molecule has 1 atom stereocenters. The summed E-state index contributed by atoms with van der Waals surface area (Å²) < 4.78 is 16.8. The van der Waals surface area contributed by atoms with E-state index in [1.807, 2.05) is 0 Å². The van der Waals surface area contributed by atoms with Gasteiger partial charge >= 0.3 is 17.9 Å². The first-order valence-electron chi connectivity index (χ1n) is 28.3. The molecule has 0 aromatic carbocycles. The fourth-order valence-corrected chi connectivity index (χ4v) is 8.42. The second kappa shape index (κ2) is 53.5. The molecule has 0 radical (unpaired) electrons. The minimum absolute atomic E-state index is 0.0717. The van der Waals surface area contributed by atoms with Gasteiger partial charge in [-0.1, -0.05) is 263 Å². The summed E-state index contributed by atoms with van der Waals surface area (Å²) in [5.74, 6) is -0.866. The Balaban J connectivity index is 4.30. The van der Waals surface area contributed by atoms with Crippen LogP contribution in [0, 0.1) is 0 Å². The molecule has 6 nitrogen and oxygen atoms in total. The predicted octanol–water partition coefficient (Wildman–Crippen LogP) is 18.7. The lowest BCUT2D eigenvalue weighted by Crippen LogP contribution is -2.30. The van der Waals surface area contributed by atoms with Gasteiger partial charge in [-0.25, -0.2) is 0 Å². The Morgan fingerprint density at radius 1 is 0.312 bits per heavy atom. The zero-order chi connectivity index (χ0) is 46.5. The highest BCUT2D eigenvalue weighted by molar-refractivity contribution is 5.71. The lowest BCUT2D eigenvalue weighted by Gasteiger charge is -2.18. The number of esters is 3. The van der Waals surface area contributed by atoms with E-state index in [0.717, 1.165) is 77.0 Å². The molecule has 0 aromatic heterocycles. The normalized spacial score (nSPS) is 12.1. The molecule has 0 aromatic rings. The summed E-state index contributed by atoms with van der Waals surface area (Å²) in [6.45, 7) is 6.64. The summed E-state index contributed by atoms with van der Waals surface area (Å²) in [6, 6.07) is 0. The van der Waals surface area contributed by atoms with Crippen molar-refractivity contribution < 1.29 is 28.6 Å². The summed E-state index contributed by atoms with van der Waals surface area (Å²) in [4.78, 5) is 38.1. The number of carbonyl (C=O) groups excluding carboxylic acids is 3. The lowest BCUT2D eigenvalue weighted by atomic mass is 10.0. The second-order valence-corrected chi connectivity index (χ2v) is 19.2. The van der Waals surface area contributed by atoms with E-state index < -0.39 is 6.10 Å². The van der Waals surface area contributed by atoms with E-state index in [2.05, 4.69) is 45.1 Å². The van der Waals surface area contributed by atoms with Crippen LogP contribution in [0.2, 0.25) is 0 Å². The molecule has 0 saturated heterocycles. The molecule has 0 rings (SSSR count). The summed E-state index contributed by atoms with van der Waals surface area (Å²) >= 11 is 0. The number of unbranched alkanes of at least 4 members (excludes halogenated alkanes) is 37. The van der Waals surface area contributed by atoms with Crippen LogP contribution in [0.3, 0.4) is 0 Å². The van der Waals surface area contributed by atoms with Crippen molar-refractivity contribution in [3.8, 4) is 0 Å². The molecule has 0 aliphatic carbocycles. The van der Waals surface area contributed by atoms with Gasteiger partial charge in [0.25, 0.3) is 0 Å². The molecule has 0 aliphatic rings. The van der Waals surface area contributed by atoms with Crippen LogP contribution >= 0.6 is 0 Å². The number of rotatable bonds is 52. The van der Waals surface area contributed by atoms with Crippen LogP contribution in [0.25, 0.3) is 0 Å². The van der Waals surface area contributed by atoms with Gasteiger partial charge in [-0.2, -0.15) is 0 Å². The standard InChI is InChI=1S/C58H108O6/c1-4-7-10-13-16-19-22-25-27-28-29-30-32-33-36-39-42-45-48-51-57(60)63-54-55(53-62-56(59)50-47-44-41-38-35-24-21-18-15-12-9-6-3)64-58(61)52-49-46-43-40-37-34-31-26-23-20-17-14-11-8-5-2/h17,20,26,31,55H,4-16,18-19,21-25,27-30,32-54H2,1-3H3/b20-17-,31-26-/t55-/m0/s1. The van der Waals surface area contributed by atoms with E-state index in [-0.39, 0.29) is 31.1 Å². The molecule has 6 heteroatoms. The van der Waals surface area contributed by atoms with Gasteiger partial charge in [-0.15, -0.1) is 0 Å². The Morgan fingerprint density at radius 3 is 0.891 bits per heavy atom. The van der Waals surface area contributed by atoms with Crippen molar-refractivity contribution in [2.75, 3.05) is 13.2 Å². The van der Waals surface area contributed by atoms with Crippen LogP contribution in [0.4, 0.5) is 0 Å². The fraction of sp³-hybridized carbons (Fsp3) is 0.879. The number of allylic oxidation sites excluding steroid dienone is 4. The average molecular weight is 901 g/mol. The molecular formula is C58H108O6. The lowest BCUT2D eigenvalue weighted by molar-refractivity contribution is -0.167. The predicted molar refractivity (Wildman–Crippen MR) is 275 cm³/mol. The Bertz CT molecular complexity index is 1040. The molecule has 64 heavy (non-hydrogen) atoms. The van der Waals surface area contributed by atoms with Crippen molar-refractivity contribution >= 4 is 17.9 Å². The third-order valence-corrected chi connectivity index (χ3v) is 12.7. The number of hydrogen-bond donors (Lipinski definition) is 0. The second-order valence-electron chi connectivity index (χ2n) is 19.2. The first kappa shape index (κ1) is 61.9. The van der Waals surface area contributed by atoms with E-state index in [1.54, 1.807) is 0 Å². The monoisotopic (exact) mass is 901 g/mol. The average Bonchev–Trinajstić information content (AvgIpc) is 3.29. The number of ether oxygens (including phenoxy) is 3. The first-order chi connectivity index (χ1) is 31.5. The molecular weight excluding hydrogens is 793 g/mol. The van der Waals surface area contributed by atoms with E-state index in [0.29, 0.717) is 19.3 Å². The molecule has 0 spiro atoms. The van der Waals surface area contributed by atoms with Crippen molar-refractivity contribution in [2.45, 2.75) is 316 Å². The largest absolute Gasteiger partial charge is 0.462 e. The van der Waals surface area contributed by atoms with E-state index in [1.165, 1.54) is 193 Å².